The first kappa shape index (κ1) is 20.4. The van der Waals surface area contributed by atoms with E-state index in [0.29, 0.717) is 29.0 Å². The molecule has 8 heteroatoms. The van der Waals surface area contributed by atoms with E-state index in [9.17, 15) is 9.59 Å². The van der Waals surface area contributed by atoms with Crippen LogP contribution in [0.3, 0.4) is 0 Å². The minimum absolute atomic E-state index is 0.0185. The van der Waals surface area contributed by atoms with E-state index in [2.05, 4.69) is 10.3 Å². The maximum absolute atomic E-state index is 12.8. The third-order valence-corrected chi connectivity index (χ3v) is 5.85. The number of carbonyl (C=O) groups is 1. The van der Waals surface area contributed by atoms with Gasteiger partial charge in [0.25, 0.3) is 5.56 Å². The molecular weight excluding hydrogens is 394 g/mol. The number of carbonyl (C=O) groups excluding carboxylic acids is 1. The van der Waals surface area contributed by atoms with Gasteiger partial charge >= 0.3 is 0 Å². The summed E-state index contributed by atoms with van der Waals surface area (Å²) in [6.45, 7) is 0.335. The minimum Gasteiger partial charge on any atom is -0.396 e. The number of aromatic nitrogens is 2. The summed E-state index contributed by atoms with van der Waals surface area (Å²) < 4.78 is 1.53. The van der Waals surface area contributed by atoms with Crippen molar-refractivity contribution in [1.29, 1.82) is 0 Å². The summed E-state index contributed by atoms with van der Waals surface area (Å²) in [6.07, 6.45) is 2.40. The molecule has 28 heavy (non-hydrogen) atoms. The van der Waals surface area contributed by atoms with E-state index >= 15 is 0 Å². The van der Waals surface area contributed by atoms with Gasteiger partial charge in [-0.1, -0.05) is 36.0 Å². The molecule has 146 valence electrons. The molecule has 3 aromatic rings. The Morgan fingerprint density at radius 3 is 2.71 bits per heavy atom. The second-order valence-corrected chi connectivity index (χ2v) is 7.77. The molecule has 0 saturated heterocycles. The Morgan fingerprint density at radius 2 is 1.93 bits per heavy atom. The summed E-state index contributed by atoms with van der Waals surface area (Å²) in [7, 11) is 0. The zero-order valence-electron chi connectivity index (χ0n) is 15.4. The van der Waals surface area contributed by atoms with Crippen molar-refractivity contribution in [3.8, 4) is 0 Å². The van der Waals surface area contributed by atoms with E-state index in [1.54, 1.807) is 30.0 Å². The Balaban J connectivity index is 1.81. The van der Waals surface area contributed by atoms with E-state index < -0.39 is 0 Å². The SMILES string of the molecule is CSc1ccccc1NC(=O)CSc1nc2ccccc2c(=O)n1CCCO. The van der Waals surface area contributed by atoms with Gasteiger partial charge in [-0.05, 0) is 36.9 Å². The number of thioether (sulfide) groups is 2. The normalized spacial score (nSPS) is 10.9. The number of rotatable bonds is 8. The fourth-order valence-electron chi connectivity index (χ4n) is 2.75. The van der Waals surface area contributed by atoms with Crippen LogP contribution in [0.4, 0.5) is 5.69 Å². The highest BCUT2D eigenvalue weighted by Crippen LogP contribution is 2.25. The molecule has 0 aliphatic carbocycles. The highest BCUT2D eigenvalue weighted by molar-refractivity contribution is 7.99. The molecule has 1 amide bonds. The van der Waals surface area contributed by atoms with Crippen LogP contribution in [0.15, 0.2) is 63.4 Å². The smallest absolute Gasteiger partial charge is 0.262 e. The minimum atomic E-state index is -0.164. The number of nitrogens with one attached hydrogen (secondary N) is 1. The van der Waals surface area contributed by atoms with Crippen LogP contribution in [-0.4, -0.2) is 39.2 Å². The molecule has 0 bridgehead atoms. The van der Waals surface area contributed by atoms with Gasteiger partial charge in [0.2, 0.25) is 5.91 Å². The van der Waals surface area contributed by atoms with Gasteiger partial charge in [-0.15, -0.1) is 11.8 Å². The molecule has 2 aromatic carbocycles. The van der Waals surface area contributed by atoms with Crippen LogP contribution in [0.1, 0.15) is 6.42 Å². The second-order valence-electron chi connectivity index (χ2n) is 5.98. The van der Waals surface area contributed by atoms with Gasteiger partial charge in [0.15, 0.2) is 5.16 Å². The molecule has 6 nitrogen and oxygen atoms in total. The second kappa shape index (κ2) is 9.77. The van der Waals surface area contributed by atoms with Gasteiger partial charge in [0.1, 0.15) is 0 Å². The topological polar surface area (TPSA) is 84.2 Å². The zero-order valence-corrected chi connectivity index (χ0v) is 17.1. The van der Waals surface area contributed by atoms with Crippen molar-refractivity contribution in [2.24, 2.45) is 0 Å². The number of amides is 1. The van der Waals surface area contributed by atoms with Crippen LogP contribution in [0.5, 0.6) is 0 Å². The number of aliphatic hydroxyl groups excluding tert-OH is 1. The Hall–Kier alpha value is -2.29. The third-order valence-electron chi connectivity index (χ3n) is 4.08. The quantitative estimate of drug-likeness (QED) is 0.434. The van der Waals surface area contributed by atoms with Crippen LogP contribution in [0.2, 0.25) is 0 Å². The fourth-order valence-corrected chi connectivity index (χ4v) is 4.13. The molecule has 1 heterocycles. The molecule has 0 aliphatic heterocycles. The van der Waals surface area contributed by atoms with Crippen molar-refractivity contribution in [2.45, 2.75) is 23.0 Å². The van der Waals surface area contributed by atoms with Gasteiger partial charge in [0, 0.05) is 18.0 Å². The molecule has 0 atom stereocenters. The monoisotopic (exact) mass is 415 g/mol. The Bertz CT molecular complexity index is 1040. The highest BCUT2D eigenvalue weighted by atomic mass is 32.2. The van der Waals surface area contributed by atoms with E-state index in [-0.39, 0.29) is 23.8 Å². The fraction of sp³-hybridized carbons (Fsp3) is 0.250. The van der Waals surface area contributed by atoms with Crippen LogP contribution in [-0.2, 0) is 11.3 Å². The lowest BCUT2D eigenvalue weighted by Gasteiger charge is -2.13. The lowest BCUT2D eigenvalue weighted by atomic mass is 10.2. The Morgan fingerprint density at radius 1 is 1.18 bits per heavy atom. The summed E-state index contributed by atoms with van der Waals surface area (Å²) in [5.41, 5.74) is 1.21. The molecule has 0 aliphatic rings. The molecule has 0 saturated carbocycles. The van der Waals surface area contributed by atoms with E-state index in [0.717, 1.165) is 10.6 Å². The number of hydrogen-bond acceptors (Lipinski definition) is 6. The highest BCUT2D eigenvalue weighted by Gasteiger charge is 2.13. The van der Waals surface area contributed by atoms with Crippen molar-refractivity contribution in [3.63, 3.8) is 0 Å². The first-order valence-electron chi connectivity index (χ1n) is 8.80. The summed E-state index contributed by atoms with van der Waals surface area (Å²) in [5.74, 6) is -0.0327. The first-order valence-corrected chi connectivity index (χ1v) is 11.0. The molecule has 0 radical (unpaired) electrons. The summed E-state index contributed by atoms with van der Waals surface area (Å²) in [4.78, 5) is 30.8. The largest absolute Gasteiger partial charge is 0.396 e. The standard InChI is InChI=1S/C20H21N3O3S2/c1-27-17-10-5-4-9-16(17)21-18(25)13-28-20-22-15-8-3-2-7-14(15)19(26)23(20)11-6-12-24/h2-5,7-10,24H,6,11-13H2,1H3,(H,21,25). The predicted molar refractivity (Wildman–Crippen MR) is 115 cm³/mol. The van der Waals surface area contributed by atoms with Gasteiger partial charge in [0.05, 0.1) is 22.3 Å². The molecular formula is C20H21N3O3S2. The molecule has 0 spiro atoms. The summed E-state index contributed by atoms with van der Waals surface area (Å²) >= 11 is 2.78. The summed E-state index contributed by atoms with van der Waals surface area (Å²) in [5, 5.41) is 13.1. The number of anilines is 1. The van der Waals surface area contributed by atoms with Crippen molar-refractivity contribution >= 4 is 46.0 Å². The van der Waals surface area contributed by atoms with E-state index in [1.165, 1.54) is 16.3 Å². The average molecular weight is 416 g/mol. The lowest BCUT2D eigenvalue weighted by molar-refractivity contribution is -0.113. The average Bonchev–Trinajstić information content (AvgIpc) is 2.72. The Labute approximate surface area is 171 Å². The van der Waals surface area contributed by atoms with E-state index in [4.69, 9.17) is 5.11 Å². The maximum atomic E-state index is 12.8. The van der Waals surface area contributed by atoms with Crippen LogP contribution in [0.25, 0.3) is 10.9 Å². The number of benzene rings is 2. The number of fused-ring (bicyclic) bond motifs is 1. The zero-order chi connectivity index (χ0) is 19.9. The van der Waals surface area contributed by atoms with Crippen LogP contribution < -0.4 is 10.9 Å². The Kier molecular flexibility index (Phi) is 7.13. The van der Waals surface area contributed by atoms with Gasteiger partial charge < -0.3 is 10.4 Å². The molecule has 0 fully saturated rings. The van der Waals surface area contributed by atoms with Crippen LogP contribution in [0, 0.1) is 0 Å². The molecule has 3 rings (SSSR count). The molecule has 2 N–H and O–H groups in total. The van der Waals surface area contributed by atoms with Crippen LogP contribution >= 0.6 is 23.5 Å². The van der Waals surface area contributed by atoms with Crippen molar-refractivity contribution in [3.05, 3.63) is 58.9 Å². The van der Waals surface area contributed by atoms with Gasteiger partial charge in [-0.25, -0.2) is 4.98 Å². The van der Waals surface area contributed by atoms with Crippen molar-refractivity contribution in [1.82, 2.24) is 9.55 Å². The van der Waals surface area contributed by atoms with Crippen molar-refractivity contribution in [2.75, 3.05) is 23.9 Å². The van der Waals surface area contributed by atoms with Crippen molar-refractivity contribution < 1.29 is 9.90 Å². The number of aliphatic hydroxyl groups is 1. The number of hydrogen-bond donors (Lipinski definition) is 2. The predicted octanol–water partition coefficient (Wildman–Crippen LogP) is 3.23. The molecule has 1 aromatic heterocycles. The lowest BCUT2D eigenvalue weighted by Crippen LogP contribution is -2.24. The maximum Gasteiger partial charge on any atom is 0.262 e. The summed E-state index contributed by atoms with van der Waals surface area (Å²) in [6, 6.07) is 14.8. The van der Waals surface area contributed by atoms with Gasteiger partial charge in [-0.3, -0.25) is 14.2 Å². The number of nitrogens with zero attached hydrogens (tertiary/aromatic N) is 2. The van der Waals surface area contributed by atoms with Gasteiger partial charge in [-0.2, -0.15) is 0 Å². The first-order chi connectivity index (χ1) is 13.6. The number of para-hydroxylation sites is 2. The third kappa shape index (κ3) is 4.76. The van der Waals surface area contributed by atoms with E-state index in [1.807, 2.05) is 36.6 Å². The molecule has 0 unspecified atom stereocenters.